The Morgan fingerprint density at radius 2 is 2.14 bits per heavy atom. The summed E-state index contributed by atoms with van der Waals surface area (Å²) in [7, 11) is 0. The van der Waals surface area contributed by atoms with Gasteiger partial charge >= 0.3 is 0 Å². The van der Waals surface area contributed by atoms with Crippen molar-refractivity contribution in [3.63, 3.8) is 0 Å². The highest BCUT2D eigenvalue weighted by atomic mass is 32.2. The average Bonchev–Trinajstić information content (AvgIpc) is 2.53. The second kappa shape index (κ2) is 8.32. The fourth-order valence-corrected chi connectivity index (χ4v) is 3.68. The number of carbonyl (C=O) groups excluding carboxylic acids is 1. The highest BCUT2D eigenvalue weighted by Crippen LogP contribution is 2.27. The van der Waals surface area contributed by atoms with E-state index in [4.69, 9.17) is 0 Å². The second-order valence-electron chi connectivity index (χ2n) is 5.67. The van der Waals surface area contributed by atoms with E-state index in [0.717, 1.165) is 37.1 Å². The minimum absolute atomic E-state index is 0.0564. The molecule has 1 fully saturated rings. The van der Waals surface area contributed by atoms with E-state index in [1.807, 2.05) is 36.0 Å². The molecule has 1 aliphatic rings. The van der Waals surface area contributed by atoms with Crippen LogP contribution in [0, 0.1) is 0 Å². The Labute approximate surface area is 132 Å². The van der Waals surface area contributed by atoms with Crippen LogP contribution in [-0.4, -0.2) is 30.0 Å². The molecule has 0 spiro atoms. The maximum atomic E-state index is 12.5. The third kappa shape index (κ3) is 4.67. The monoisotopic (exact) mass is 306 g/mol. The number of para-hydroxylation sites is 1. The minimum Gasteiger partial charge on any atom is -0.384 e. The molecule has 1 aromatic carbocycles. The molecule has 1 saturated carbocycles. The van der Waals surface area contributed by atoms with E-state index in [-0.39, 0.29) is 5.91 Å². The first-order valence-corrected chi connectivity index (χ1v) is 9.20. The Morgan fingerprint density at radius 3 is 2.90 bits per heavy atom. The van der Waals surface area contributed by atoms with Gasteiger partial charge in [-0.2, -0.15) is 11.8 Å². The normalized spacial score (nSPS) is 21.8. The second-order valence-corrected chi connectivity index (χ2v) is 6.81. The van der Waals surface area contributed by atoms with Crippen LogP contribution >= 0.6 is 11.8 Å². The lowest BCUT2D eigenvalue weighted by Gasteiger charge is -2.29. The van der Waals surface area contributed by atoms with Crippen LogP contribution in [0.4, 0.5) is 5.69 Å². The van der Waals surface area contributed by atoms with Crippen molar-refractivity contribution in [3.05, 3.63) is 29.8 Å². The average molecular weight is 306 g/mol. The van der Waals surface area contributed by atoms with Crippen molar-refractivity contribution < 1.29 is 4.79 Å². The predicted molar refractivity (Wildman–Crippen MR) is 92.2 cm³/mol. The number of hydrogen-bond donors (Lipinski definition) is 2. The van der Waals surface area contributed by atoms with Gasteiger partial charge in [-0.15, -0.1) is 0 Å². The molecule has 4 heteroatoms. The summed E-state index contributed by atoms with van der Waals surface area (Å²) in [6, 6.07) is 8.11. The molecule has 2 rings (SSSR count). The summed E-state index contributed by atoms with van der Waals surface area (Å²) in [5.41, 5.74) is 1.70. The number of carbonyl (C=O) groups is 1. The van der Waals surface area contributed by atoms with Crippen molar-refractivity contribution in [2.75, 3.05) is 18.1 Å². The number of rotatable bonds is 6. The molecule has 0 aromatic heterocycles. The molecule has 0 radical (unpaired) electrons. The van der Waals surface area contributed by atoms with Gasteiger partial charge in [-0.1, -0.05) is 25.5 Å². The molecular weight excluding hydrogens is 280 g/mol. The van der Waals surface area contributed by atoms with Crippen LogP contribution in [0.25, 0.3) is 0 Å². The van der Waals surface area contributed by atoms with E-state index in [1.165, 1.54) is 12.8 Å². The van der Waals surface area contributed by atoms with Crippen molar-refractivity contribution in [1.29, 1.82) is 0 Å². The summed E-state index contributed by atoms with van der Waals surface area (Å²) in [5, 5.41) is 7.25. The molecule has 3 nitrogen and oxygen atoms in total. The first-order chi connectivity index (χ1) is 10.2. The SMILES string of the molecule is CCCNc1ccccc1C(=O)NC1CCCC(SC)C1. The topological polar surface area (TPSA) is 41.1 Å². The molecule has 0 bridgehead atoms. The maximum Gasteiger partial charge on any atom is 0.253 e. The van der Waals surface area contributed by atoms with E-state index in [0.29, 0.717) is 11.3 Å². The number of nitrogens with one attached hydrogen (secondary N) is 2. The van der Waals surface area contributed by atoms with Crippen molar-refractivity contribution in [2.24, 2.45) is 0 Å². The molecule has 0 aliphatic heterocycles. The third-order valence-electron chi connectivity index (χ3n) is 4.03. The molecule has 2 N–H and O–H groups in total. The van der Waals surface area contributed by atoms with Crippen LogP contribution in [0.15, 0.2) is 24.3 Å². The van der Waals surface area contributed by atoms with Gasteiger partial charge in [0.25, 0.3) is 5.91 Å². The highest BCUT2D eigenvalue weighted by Gasteiger charge is 2.23. The number of anilines is 1. The molecule has 2 atom stereocenters. The molecule has 1 aromatic rings. The summed E-state index contributed by atoms with van der Waals surface area (Å²) in [5.74, 6) is 0.0564. The zero-order valence-corrected chi connectivity index (χ0v) is 13.8. The molecular formula is C17H26N2OS. The number of benzene rings is 1. The van der Waals surface area contributed by atoms with Crippen molar-refractivity contribution in [2.45, 2.75) is 50.3 Å². The van der Waals surface area contributed by atoms with Crippen LogP contribution in [0.5, 0.6) is 0 Å². The minimum atomic E-state index is 0.0564. The largest absolute Gasteiger partial charge is 0.384 e. The van der Waals surface area contributed by atoms with Crippen LogP contribution in [-0.2, 0) is 0 Å². The summed E-state index contributed by atoms with van der Waals surface area (Å²) < 4.78 is 0. The molecule has 116 valence electrons. The Bertz CT molecular complexity index is 464. The zero-order valence-electron chi connectivity index (χ0n) is 13.0. The highest BCUT2D eigenvalue weighted by molar-refractivity contribution is 7.99. The molecule has 1 aliphatic carbocycles. The van der Waals surface area contributed by atoms with Gasteiger partial charge in [-0.3, -0.25) is 4.79 Å². The van der Waals surface area contributed by atoms with Gasteiger partial charge in [0.15, 0.2) is 0 Å². The maximum absolute atomic E-state index is 12.5. The van der Waals surface area contributed by atoms with E-state index in [9.17, 15) is 4.79 Å². The fraction of sp³-hybridized carbons (Fsp3) is 0.588. The lowest BCUT2D eigenvalue weighted by molar-refractivity contribution is 0.0929. The van der Waals surface area contributed by atoms with E-state index in [1.54, 1.807) is 0 Å². The fourth-order valence-electron chi connectivity index (χ4n) is 2.85. The first-order valence-electron chi connectivity index (χ1n) is 7.91. The Hall–Kier alpha value is -1.16. The van der Waals surface area contributed by atoms with Gasteiger partial charge in [0, 0.05) is 23.5 Å². The van der Waals surface area contributed by atoms with E-state index >= 15 is 0 Å². The summed E-state index contributed by atoms with van der Waals surface area (Å²) >= 11 is 1.92. The molecule has 0 saturated heterocycles. The van der Waals surface area contributed by atoms with Crippen LogP contribution in [0.3, 0.4) is 0 Å². The van der Waals surface area contributed by atoms with Crippen molar-refractivity contribution in [3.8, 4) is 0 Å². The van der Waals surface area contributed by atoms with Gasteiger partial charge in [0.2, 0.25) is 0 Å². The lowest BCUT2D eigenvalue weighted by Crippen LogP contribution is -2.39. The van der Waals surface area contributed by atoms with Gasteiger partial charge < -0.3 is 10.6 Å². The standard InChI is InChI=1S/C17H26N2OS/c1-3-11-18-16-10-5-4-9-15(16)17(20)19-13-7-6-8-14(12-13)21-2/h4-5,9-10,13-14,18H,3,6-8,11-12H2,1-2H3,(H,19,20). The van der Waals surface area contributed by atoms with Crippen LogP contribution in [0.1, 0.15) is 49.4 Å². The van der Waals surface area contributed by atoms with Crippen molar-refractivity contribution >= 4 is 23.4 Å². The molecule has 21 heavy (non-hydrogen) atoms. The predicted octanol–water partition coefficient (Wildman–Crippen LogP) is 3.91. The first kappa shape index (κ1) is 16.2. The quantitative estimate of drug-likeness (QED) is 0.837. The Kier molecular flexibility index (Phi) is 6.43. The summed E-state index contributed by atoms with van der Waals surface area (Å²) in [6.45, 7) is 3.02. The molecule has 1 amide bonds. The summed E-state index contributed by atoms with van der Waals surface area (Å²) in [6.07, 6.45) is 7.91. The Balaban J connectivity index is 1.99. The van der Waals surface area contributed by atoms with Crippen LogP contribution < -0.4 is 10.6 Å². The molecule has 2 unspecified atom stereocenters. The van der Waals surface area contributed by atoms with E-state index in [2.05, 4.69) is 23.8 Å². The molecule has 0 heterocycles. The smallest absolute Gasteiger partial charge is 0.253 e. The number of amides is 1. The lowest BCUT2D eigenvalue weighted by atomic mass is 9.94. The zero-order chi connectivity index (χ0) is 15.1. The van der Waals surface area contributed by atoms with Gasteiger partial charge in [-0.05, 0) is 44.1 Å². The van der Waals surface area contributed by atoms with Crippen molar-refractivity contribution in [1.82, 2.24) is 5.32 Å². The van der Waals surface area contributed by atoms with E-state index < -0.39 is 0 Å². The van der Waals surface area contributed by atoms with Gasteiger partial charge in [-0.25, -0.2) is 0 Å². The number of thioether (sulfide) groups is 1. The van der Waals surface area contributed by atoms with Gasteiger partial charge in [0.05, 0.1) is 5.56 Å². The van der Waals surface area contributed by atoms with Gasteiger partial charge in [0.1, 0.15) is 0 Å². The number of hydrogen-bond acceptors (Lipinski definition) is 3. The van der Waals surface area contributed by atoms with Crippen LogP contribution in [0.2, 0.25) is 0 Å². The third-order valence-corrected chi connectivity index (χ3v) is 5.13. The Morgan fingerprint density at radius 1 is 1.33 bits per heavy atom. The summed E-state index contributed by atoms with van der Waals surface area (Å²) in [4.78, 5) is 12.5.